The molecule has 0 bridgehead atoms. The molecular weight excluding hydrogens is 560 g/mol. The normalized spacial score (nSPS) is 18.1. The minimum Gasteiger partial charge on any atom is -0.378 e. The van der Waals surface area contributed by atoms with Crippen molar-refractivity contribution >= 4 is 35.2 Å². The number of morpholine rings is 1. The van der Waals surface area contributed by atoms with E-state index in [9.17, 15) is 9.59 Å². The van der Waals surface area contributed by atoms with Crippen molar-refractivity contribution in [2.75, 3.05) is 106 Å². The third-order valence-corrected chi connectivity index (χ3v) is 8.10. The van der Waals surface area contributed by atoms with Crippen molar-refractivity contribution in [3.63, 3.8) is 0 Å². The number of anilines is 4. The topological polar surface area (TPSA) is 131 Å². The molecule has 4 heterocycles. The number of carbonyl (C=O) groups excluding carboxylic acids is 2. The fraction of sp³-hybridized carbons (Fsp3) is 0.452. The highest BCUT2D eigenvalue weighted by atomic mass is 16.5. The van der Waals surface area contributed by atoms with Gasteiger partial charge in [0, 0.05) is 81.4 Å². The van der Waals surface area contributed by atoms with Gasteiger partial charge in [-0.2, -0.15) is 15.0 Å². The number of amides is 3. The SMILES string of the molecule is CN1CCCN(c2nc(-c3ccc(NC(=O)Nc4ccc(C(=O)N5CCNCC5)cc4)cc3)nc(N3CCOCC3)n2)CC1. The molecule has 3 fully saturated rings. The molecule has 232 valence electrons. The van der Waals surface area contributed by atoms with Crippen LogP contribution in [0.2, 0.25) is 0 Å². The van der Waals surface area contributed by atoms with Gasteiger partial charge in [-0.25, -0.2) is 4.79 Å². The van der Waals surface area contributed by atoms with Gasteiger partial charge in [0.2, 0.25) is 11.9 Å². The molecule has 0 atom stereocenters. The lowest BCUT2D eigenvalue weighted by Gasteiger charge is -2.28. The molecule has 3 amide bonds. The van der Waals surface area contributed by atoms with Gasteiger partial charge >= 0.3 is 6.03 Å². The number of likely N-dealkylation sites (N-methyl/N-ethyl adjacent to an activating group) is 1. The lowest BCUT2D eigenvalue weighted by molar-refractivity contribution is 0.0736. The molecule has 0 unspecified atom stereocenters. The summed E-state index contributed by atoms with van der Waals surface area (Å²) in [6.45, 7) is 9.50. The maximum Gasteiger partial charge on any atom is 0.323 e. The molecule has 13 heteroatoms. The number of ether oxygens (including phenoxy) is 1. The summed E-state index contributed by atoms with van der Waals surface area (Å²) in [5, 5.41) is 8.96. The second kappa shape index (κ2) is 14.0. The van der Waals surface area contributed by atoms with Crippen molar-refractivity contribution in [3.8, 4) is 11.4 Å². The molecule has 13 nitrogen and oxygen atoms in total. The predicted molar refractivity (Wildman–Crippen MR) is 170 cm³/mol. The number of urea groups is 1. The van der Waals surface area contributed by atoms with E-state index in [4.69, 9.17) is 19.7 Å². The summed E-state index contributed by atoms with van der Waals surface area (Å²) in [6, 6.07) is 14.1. The first kappa shape index (κ1) is 29.7. The smallest absolute Gasteiger partial charge is 0.323 e. The number of carbonyl (C=O) groups is 2. The molecule has 3 aromatic rings. The molecule has 0 spiro atoms. The molecule has 3 aliphatic heterocycles. The van der Waals surface area contributed by atoms with Crippen LogP contribution < -0.4 is 25.8 Å². The van der Waals surface area contributed by atoms with Crippen molar-refractivity contribution in [1.82, 2.24) is 30.1 Å². The van der Waals surface area contributed by atoms with Crippen LogP contribution in [0, 0.1) is 0 Å². The number of aromatic nitrogens is 3. The Bertz CT molecular complexity index is 1420. The van der Waals surface area contributed by atoms with Crippen LogP contribution in [0.4, 0.5) is 28.1 Å². The maximum atomic E-state index is 12.7. The van der Waals surface area contributed by atoms with Crippen LogP contribution in [0.1, 0.15) is 16.8 Å². The first-order chi connectivity index (χ1) is 21.5. The maximum absolute atomic E-state index is 12.7. The van der Waals surface area contributed by atoms with Crippen molar-refractivity contribution in [3.05, 3.63) is 54.1 Å². The Labute approximate surface area is 257 Å². The summed E-state index contributed by atoms with van der Waals surface area (Å²) in [7, 11) is 2.14. The van der Waals surface area contributed by atoms with E-state index in [1.807, 2.05) is 29.2 Å². The van der Waals surface area contributed by atoms with E-state index >= 15 is 0 Å². The fourth-order valence-corrected chi connectivity index (χ4v) is 5.52. The first-order valence-electron chi connectivity index (χ1n) is 15.3. The molecule has 0 aliphatic carbocycles. The molecule has 0 radical (unpaired) electrons. The van der Waals surface area contributed by atoms with Crippen LogP contribution in [-0.2, 0) is 4.74 Å². The average molecular weight is 601 g/mol. The highest BCUT2D eigenvalue weighted by molar-refractivity contribution is 6.00. The molecule has 44 heavy (non-hydrogen) atoms. The third kappa shape index (κ3) is 7.41. The Kier molecular flexibility index (Phi) is 9.44. The lowest BCUT2D eigenvalue weighted by atomic mass is 10.1. The van der Waals surface area contributed by atoms with Crippen LogP contribution in [0.25, 0.3) is 11.4 Å². The van der Waals surface area contributed by atoms with Gasteiger partial charge in [0.15, 0.2) is 5.82 Å². The Morgan fingerprint density at radius 2 is 1.34 bits per heavy atom. The molecule has 3 N–H and O–H groups in total. The van der Waals surface area contributed by atoms with E-state index in [2.05, 4.69) is 37.7 Å². The van der Waals surface area contributed by atoms with Crippen LogP contribution in [0.15, 0.2) is 48.5 Å². The van der Waals surface area contributed by atoms with Gasteiger partial charge in [-0.15, -0.1) is 0 Å². The second-order valence-corrected chi connectivity index (χ2v) is 11.3. The summed E-state index contributed by atoms with van der Waals surface area (Å²) in [4.78, 5) is 48.6. The zero-order chi connectivity index (χ0) is 30.3. The zero-order valence-corrected chi connectivity index (χ0v) is 25.2. The highest BCUT2D eigenvalue weighted by Gasteiger charge is 2.22. The van der Waals surface area contributed by atoms with E-state index in [0.29, 0.717) is 61.0 Å². The largest absolute Gasteiger partial charge is 0.378 e. The van der Waals surface area contributed by atoms with E-state index < -0.39 is 0 Å². The van der Waals surface area contributed by atoms with Crippen LogP contribution in [0.3, 0.4) is 0 Å². The molecule has 0 saturated carbocycles. The van der Waals surface area contributed by atoms with Gasteiger partial charge in [0.1, 0.15) is 0 Å². The molecular formula is C31H40N10O3. The van der Waals surface area contributed by atoms with Gasteiger partial charge < -0.3 is 40.3 Å². The van der Waals surface area contributed by atoms with Crippen molar-refractivity contribution in [2.24, 2.45) is 0 Å². The number of rotatable bonds is 6. The molecule has 3 aliphatic rings. The van der Waals surface area contributed by atoms with Crippen molar-refractivity contribution in [1.29, 1.82) is 0 Å². The summed E-state index contributed by atoms with van der Waals surface area (Å²) < 4.78 is 5.55. The minimum absolute atomic E-state index is 0.00369. The molecule has 3 saturated heterocycles. The van der Waals surface area contributed by atoms with Gasteiger partial charge in [0.05, 0.1) is 13.2 Å². The van der Waals surface area contributed by atoms with E-state index in [0.717, 1.165) is 64.3 Å². The van der Waals surface area contributed by atoms with Gasteiger partial charge in [-0.05, 0) is 68.5 Å². The van der Waals surface area contributed by atoms with E-state index in [1.165, 1.54) is 0 Å². The van der Waals surface area contributed by atoms with Crippen molar-refractivity contribution < 1.29 is 14.3 Å². The summed E-state index contributed by atoms with van der Waals surface area (Å²) >= 11 is 0. The first-order valence-corrected chi connectivity index (χ1v) is 15.3. The Morgan fingerprint density at radius 1 is 0.727 bits per heavy atom. The number of piperazine rings is 1. The Morgan fingerprint density at radius 3 is 2.00 bits per heavy atom. The average Bonchev–Trinajstić information content (AvgIpc) is 3.30. The highest BCUT2D eigenvalue weighted by Crippen LogP contribution is 2.24. The van der Waals surface area contributed by atoms with Crippen LogP contribution in [-0.4, -0.2) is 122 Å². The quantitative estimate of drug-likeness (QED) is 0.387. The summed E-state index contributed by atoms with van der Waals surface area (Å²) in [5.41, 5.74) is 2.68. The van der Waals surface area contributed by atoms with Gasteiger partial charge in [-0.1, -0.05) is 0 Å². The predicted octanol–water partition coefficient (Wildman–Crippen LogP) is 2.21. The monoisotopic (exact) mass is 600 g/mol. The Hall–Kier alpha value is -4.33. The van der Waals surface area contributed by atoms with Crippen molar-refractivity contribution in [2.45, 2.75) is 6.42 Å². The summed E-state index contributed by atoms with van der Waals surface area (Å²) in [6.07, 6.45) is 1.05. The number of nitrogens with zero attached hydrogens (tertiary/aromatic N) is 7. The minimum atomic E-state index is -0.373. The summed E-state index contributed by atoms with van der Waals surface area (Å²) in [5.74, 6) is 1.95. The molecule has 1 aromatic heterocycles. The second-order valence-electron chi connectivity index (χ2n) is 11.3. The van der Waals surface area contributed by atoms with E-state index in [-0.39, 0.29) is 11.9 Å². The third-order valence-electron chi connectivity index (χ3n) is 8.10. The number of hydrogen-bond acceptors (Lipinski definition) is 10. The number of nitrogens with one attached hydrogen (secondary N) is 3. The molecule has 6 rings (SSSR count). The number of hydrogen-bond donors (Lipinski definition) is 3. The van der Waals surface area contributed by atoms with Crippen LogP contribution in [0.5, 0.6) is 0 Å². The van der Waals surface area contributed by atoms with E-state index in [1.54, 1.807) is 24.3 Å². The fourth-order valence-electron chi connectivity index (χ4n) is 5.52. The van der Waals surface area contributed by atoms with Gasteiger partial charge in [0.25, 0.3) is 5.91 Å². The lowest BCUT2D eigenvalue weighted by Crippen LogP contribution is -2.46. The van der Waals surface area contributed by atoms with Crippen LogP contribution >= 0.6 is 0 Å². The van der Waals surface area contributed by atoms with Gasteiger partial charge in [-0.3, -0.25) is 4.79 Å². The Balaban J connectivity index is 1.12. The zero-order valence-electron chi connectivity index (χ0n) is 25.2. The molecule has 2 aromatic carbocycles. The standard InChI is InChI=1S/C31H40N10O3/c1-38-13-2-14-40(18-17-38)29-35-27(36-30(37-29)41-19-21-44-22-20-41)23-3-7-25(8-4-23)33-31(43)34-26-9-5-24(6-10-26)28(42)39-15-11-32-12-16-39/h3-10,32H,2,11-22H2,1H3,(H2,33,34,43). The number of benzene rings is 2.